The Morgan fingerprint density at radius 1 is 0.875 bits per heavy atom. The van der Waals surface area contributed by atoms with Crippen molar-refractivity contribution in [2.24, 2.45) is 0 Å². The zero-order chi connectivity index (χ0) is 16.5. The smallest absolute Gasteiger partial charge is 0.220 e. The fourth-order valence-corrected chi connectivity index (χ4v) is 2.88. The highest BCUT2D eigenvalue weighted by Gasteiger charge is 2.09. The minimum atomic E-state index is 0.289. The van der Waals surface area contributed by atoms with Gasteiger partial charge in [-0.25, -0.2) is 9.97 Å². The molecule has 0 aliphatic rings. The van der Waals surface area contributed by atoms with Gasteiger partial charge in [-0.3, -0.25) is 4.98 Å². The number of aromatic nitrogens is 3. The SMILES string of the molecule is Cc1cccc(-c2ncccc2-c2ccc3nc(N)ncc3c2)c1. The van der Waals surface area contributed by atoms with Crippen molar-refractivity contribution in [3.63, 3.8) is 0 Å². The Balaban J connectivity index is 1.90. The van der Waals surface area contributed by atoms with Crippen LogP contribution >= 0.6 is 0 Å². The van der Waals surface area contributed by atoms with Crippen LogP contribution in [0.2, 0.25) is 0 Å². The Kier molecular flexibility index (Phi) is 3.43. The van der Waals surface area contributed by atoms with Gasteiger partial charge < -0.3 is 5.73 Å². The Morgan fingerprint density at radius 2 is 1.79 bits per heavy atom. The number of anilines is 1. The van der Waals surface area contributed by atoms with Crippen LogP contribution in [0.4, 0.5) is 5.95 Å². The number of pyridine rings is 1. The van der Waals surface area contributed by atoms with Crippen molar-refractivity contribution in [2.75, 3.05) is 5.73 Å². The number of nitrogen functional groups attached to an aromatic ring is 1. The molecule has 0 saturated carbocycles. The molecule has 2 aromatic carbocycles. The van der Waals surface area contributed by atoms with Gasteiger partial charge >= 0.3 is 0 Å². The first-order valence-corrected chi connectivity index (χ1v) is 7.75. The highest BCUT2D eigenvalue weighted by atomic mass is 15.0. The molecule has 0 aliphatic carbocycles. The summed E-state index contributed by atoms with van der Waals surface area (Å²) in [6.07, 6.45) is 3.58. The maximum Gasteiger partial charge on any atom is 0.220 e. The van der Waals surface area contributed by atoms with Crippen LogP contribution in [0, 0.1) is 6.92 Å². The van der Waals surface area contributed by atoms with Crippen molar-refractivity contribution in [2.45, 2.75) is 6.92 Å². The molecule has 2 heterocycles. The maximum absolute atomic E-state index is 5.66. The van der Waals surface area contributed by atoms with Crippen LogP contribution in [0.3, 0.4) is 0 Å². The summed E-state index contributed by atoms with van der Waals surface area (Å²) in [5.41, 5.74) is 12.0. The molecule has 4 rings (SSSR count). The van der Waals surface area contributed by atoms with Gasteiger partial charge in [-0.15, -0.1) is 0 Å². The predicted molar refractivity (Wildman–Crippen MR) is 97.4 cm³/mol. The van der Waals surface area contributed by atoms with E-state index in [1.807, 2.05) is 24.4 Å². The lowest BCUT2D eigenvalue weighted by atomic mass is 9.97. The van der Waals surface area contributed by atoms with Crippen molar-refractivity contribution < 1.29 is 0 Å². The molecular formula is C20H16N4. The lowest BCUT2D eigenvalue weighted by molar-refractivity contribution is 1.24. The monoisotopic (exact) mass is 312 g/mol. The zero-order valence-corrected chi connectivity index (χ0v) is 13.3. The fraction of sp³-hybridized carbons (Fsp3) is 0.0500. The van der Waals surface area contributed by atoms with E-state index in [2.05, 4.69) is 58.3 Å². The third kappa shape index (κ3) is 2.58. The van der Waals surface area contributed by atoms with Crippen LogP contribution in [-0.2, 0) is 0 Å². The Bertz CT molecular complexity index is 1040. The topological polar surface area (TPSA) is 64.7 Å². The molecule has 0 fully saturated rings. The van der Waals surface area contributed by atoms with E-state index < -0.39 is 0 Å². The van der Waals surface area contributed by atoms with Crippen molar-refractivity contribution in [1.29, 1.82) is 0 Å². The van der Waals surface area contributed by atoms with E-state index in [9.17, 15) is 0 Å². The second kappa shape index (κ2) is 5.74. The van der Waals surface area contributed by atoms with E-state index in [1.165, 1.54) is 5.56 Å². The van der Waals surface area contributed by atoms with Gasteiger partial charge in [0.2, 0.25) is 5.95 Å². The standard InChI is InChI=1S/C20H16N4/c1-13-4-2-5-15(10-13)19-17(6-3-9-22-19)14-7-8-18-16(11-14)12-23-20(21)24-18/h2-12H,1H3,(H2,21,23,24). The summed E-state index contributed by atoms with van der Waals surface area (Å²) in [5.74, 6) is 0.289. The van der Waals surface area contributed by atoms with Crippen molar-refractivity contribution >= 4 is 16.9 Å². The molecule has 2 N–H and O–H groups in total. The van der Waals surface area contributed by atoms with E-state index in [0.29, 0.717) is 0 Å². The van der Waals surface area contributed by atoms with Gasteiger partial charge in [-0.05, 0) is 36.8 Å². The normalized spacial score (nSPS) is 10.9. The number of aryl methyl sites for hydroxylation is 1. The predicted octanol–water partition coefficient (Wildman–Crippen LogP) is 4.25. The molecule has 0 radical (unpaired) electrons. The molecule has 0 atom stereocenters. The fourth-order valence-electron chi connectivity index (χ4n) is 2.88. The molecule has 0 saturated heterocycles. The summed E-state index contributed by atoms with van der Waals surface area (Å²) < 4.78 is 0. The Labute approximate surface area is 140 Å². The van der Waals surface area contributed by atoms with Gasteiger partial charge in [-0.2, -0.15) is 0 Å². The van der Waals surface area contributed by atoms with Crippen LogP contribution in [0.25, 0.3) is 33.3 Å². The second-order valence-electron chi connectivity index (χ2n) is 5.77. The van der Waals surface area contributed by atoms with Crippen LogP contribution in [-0.4, -0.2) is 15.0 Å². The van der Waals surface area contributed by atoms with E-state index in [0.717, 1.165) is 33.3 Å². The molecule has 4 heteroatoms. The summed E-state index contributed by atoms with van der Waals surface area (Å²) in [6.45, 7) is 2.09. The summed E-state index contributed by atoms with van der Waals surface area (Å²) in [4.78, 5) is 12.9. The first kappa shape index (κ1) is 14.3. The number of fused-ring (bicyclic) bond motifs is 1. The summed E-state index contributed by atoms with van der Waals surface area (Å²) in [5, 5.41) is 0.959. The lowest BCUT2D eigenvalue weighted by Gasteiger charge is -2.10. The summed E-state index contributed by atoms with van der Waals surface area (Å²) in [7, 11) is 0. The van der Waals surface area contributed by atoms with Crippen LogP contribution < -0.4 is 5.73 Å². The Hall–Kier alpha value is -3.27. The minimum Gasteiger partial charge on any atom is -0.368 e. The number of hydrogen-bond donors (Lipinski definition) is 1. The maximum atomic E-state index is 5.66. The highest BCUT2D eigenvalue weighted by Crippen LogP contribution is 2.32. The largest absolute Gasteiger partial charge is 0.368 e. The number of hydrogen-bond acceptors (Lipinski definition) is 4. The molecule has 0 amide bonds. The Morgan fingerprint density at radius 3 is 2.67 bits per heavy atom. The first-order chi connectivity index (χ1) is 11.7. The lowest BCUT2D eigenvalue weighted by Crippen LogP contribution is -1.94. The van der Waals surface area contributed by atoms with Crippen molar-refractivity contribution in [1.82, 2.24) is 15.0 Å². The number of nitrogens with zero attached hydrogens (tertiary/aromatic N) is 3. The van der Waals surface area contributed by atoms with E-state index in [-0.39, 0.29) is 5.95 Å². The number of benzene rings is 2. The molecule has 4 aromatic rings. The second-order valence-corrected chi connectivity index (χ2v) is 5.77. The third-order valence-corrected chi connectivity index (χ3v) is 4.01. The molecule has 116 valence electrons. The van der Waals surface area contributed by atoms with Gasteiger partial charge in [0.1, 0.15) is 0 Å². The van der Waals surface area contributed by atoms with Gasteiger partial charge in [-0.1, -0.05) is 35.9 Å². The van der Waals surface area contributed by atoms with Crippen LogP contribution in [0.1, 0.15) is 5.56 Å². The van der Waals surface area contributed by atoms with Crippen molar-refractivity contribution in [3.8, 4) is 22.4 Å². The zero-order valence-electron chi connectivity index (χ0n) is 13.3. The first-order valence-electron chi connectivity index (χ1n) is 7.75. The number of nitrogens with two attached hydrogens (primary N) is 1. The van der Waals surface area contributed by atoms with Crippen LogP contribution in [0.5, 0.6) is 0 Å². The average molecular weight is 312 g/mol. The van der Waals surface area contributed by atoms with Gasteiger partial charge in [0.25, 0.3) is 0 Å². The number of rotatable bonds is 2. The van der Waals surface area contributed by atoms with Gasteiger partial charge in [0.05, 0.1) is 11.2 Å². The molecule has 0 unspecified atom stereocenters. The summed E-state index contributed by atoms with van der Waals surface area (Å²) in [6, 6.07) is 18.5. The van der Waals surface area contributed by atoms with Gasteiger partial charge in [0.15, 0.2) is 0 Å². The van der Waals surface area contributed by atoms with Crippen molar-refractivity contribution in [3.05, 3.63) is 72.6 Å². The third-order valence-electron chi connectivity index (χ3n) is 4.01. The molecule has 0 spiro atoms. The average Bonchev–Trinajstić information content (AvgIpc) is 2.61. The van der Waals surface area contributed by atoms with Gasteiger partial charge in [0, 0.05) is 28.9 Å². The summed E-state index contributed by atoms with van der Waals surface area (Å²) >= 11 is 0. The molecule has 0 aliphatic heterocycles. The molecule has 24 heavy (non-hydrogen) atoms. The van der Waals surface area contributed by atoms with E-state index in [1.54, 1.807) is 6.20 Å². The highest BCUT2D eigenvalue weighted by molar-refractivity contribution is 5.88. The molecular weight excluding hydrogens is 296 g/mol. The van der Waals surface area contributed by atoms with E-state index >= 15 is 0 Å². The molecule has 2 aromatic heterocycles. The van der Waals surface area contributed by atoms with Crippen LogP contribution in [0.15, 0.2) is 67.0 Å². The quantitative estimate of drug-likeness (QED) is 0.601. The molecule has 0 bridgehead atoms. The molecule has 4 nitrogen and oxygen atoms in total. The van der Waals surface area contributed by atoms with E-state index in [4.69, 9.17) is 5.73 Å². The minimum absolute atomic E-state index is 0.289.